The van der Waals surface area contributed by atoms with E-state index in [9.17, 15) is 0 Å². The first-order valence-corrected chi connectivity index (χ1v) is 2.91. The molecule has 1 aromatic carbocycles. The first-order chi connectivity index (χ1) is 3.72. The van der Waals surface area contributed by atoms with Gasteiger partial charge in [-0.25, -0.2) is 6.07 Å². The summed E-state index contributed by atoms with van der Waals surface area (Å²) in [7, 11) is 0. The van der Waals surface area contributed by atoms with E-state index in [1.807, 2.05) is 0 Å². The number of hydrogen-bond acceptors (Lipinski definition) is 0. The molecule has 0 saturated carbocycles. The van der Waals surface area contributed by atoms with Gasteiger partial charge in [-0.3, -0.25) is 0 Å². The van der Waals surface area contributed by atoms with E-state index >= 15 is 0 Å². The minimum atomic E-state index is 0. The predicted octanol–water partition coefficient (Wildman–Crippen LogP) is 2.78. The van der Waals surface area contributed by atoms with E-state index in [4.69, 9.17) is 0 Å². The summed E-state index contributed by atoms with van der Waals surface area (Å²) in [5.41, 5.74) is 4.25. The van der Waals surface area contributed by atoms with Crippen molar-refractivity contribution in [1.82, 2.24) is 0 Å². The molecule has 54 valence electrons. The minimum absolute atomic E-state index is 0. The number of aryl methyl sites for hydroxylation is 2. The van der Waals surface area contributed by atoms with Crippen molar-refractivity contribution >= 4 is 0 Å². The molecule has 0 fully saturated rings. The van der Waals surface area contributed by atoms with Crippen LogP contribution in [0.15, 0.2) is 12.1 Å². The molecule has 0 aliphatic rings. The van der Waals surface area contributed by atoms with Gasteiger partial charge in [0.15, 0.2) is 0 Å². The van der Waals surface area contributed by atoms with Crippen LogP contribution < -0.4 is 0 Å². The second-order valence-corrected chi connectivity index (χ2v) is 2.32. The van der Waals surface area contributed by atoms with Crippen molar-refractivity contribution in [2.45, 2.75) is 20.8 Å². The monoisotopic (exact) mass is 170 g/mol. The molecule has 0 aliphatic heterocycles. The average Bonchev–Trinajstić information content (AvgIpc) is 1.98. The van der Waals surface area contributed by atoms with Gasteiger partial charge >= 0.3 is 21.7 Å². The van der Waals surface area contributed by atoms with Gasteiger partial charge in [0.1, 0.15) is 0 Å². The third-order valence-electron chi connectivity index (χ3n) is 1.77. The van der Waals surface area contributed by atoms with Crippen LogP contribution in [0.1, 0.15) is 16.7 Å². The molecule has 0 bridgehead atoms. The van der Waals surface area contributed by atoms with Crippen LogP contribution in [0, 0.1) is 28.2 Å². The summed E-state index contributed by atoms with van der Waals surface area (Å²) in [5.74, 6) is 0. The normalized spacial score (nSPS) is 7.90. The van der Waals surface area contributed by atoms with Crippen LogP contribution in [0.25, 0.3) is 0 Å². The zero-order valence-electron chi connectivity index (χ0n) is 7.15. The fourth-order valence-corrected chi connectivity index (χ4v) is 0.811. The molecule has 0 atom stereocenters. The van der Waals surface area contributed by atoms with Crippen LogP contribution in [-0.2, 0) is 21.7 Å². The summed E-state index contributed by atoms with van der Waals surface area (Å²) >= 11 is 0. The number of rotatable bonds is 0. The van der Waals surface area contributed by atoms with Crippen LogP contribution in [0.4, 0.5) is 0 Å². The summed E-state index contributed by atoms with van der Waals surface area (Å²) in [6.07, 6.45) is 0. The van der Waals surface area contributed by atoms with Crippen molar-refractivity contribution in [3.8, 4) is 0 Å². The molecule has 0 heterocycles. The van der Waals surface area contributed by atoms with Crippen LogP contribution in [0.2, 0.25) is 0 Å². The summed E-state index contributed by atoms with van der Waals surface area (Å²) in [5, 5.41) is 0. The summed E-state index contributed by atoms with van der Waals surface area (Å²) < 4.78 is 0. The molecule has 0 saturated heterocycles. The van der Waals surface area contributed by atoms with Crippen molar-refractivity contribution in [2.24, 2.45) is 0 Å². The van der Waals surface area contributed by atoms with E-state index in [0.29, 0.717) is 0 Å². The molecule has 0 N–H and O–H groups in total. The molecule has 0 amide bonds. The second-order valence-electron chi connectivity index (χ2n) is 2.32. The van der Waals surface area contributed by atoms with Crippen LogP contribution in [0.3, 0.4) is 0 Å². The van der Waals surface area contributed by atoms with E-state index in [1.54, 1.807) is 0 Å². The van der Waals surface area contributed by atoms with Crippen molar-refractivity contribution < 1.29 is 21.7 Å². The summed E-state index contributed by atoms with van der Waals surface area (Å²) in [4.78, 5) is 0. The Kier molecular flexibility index (Phi) is 6.12. The quantitative estimate of drug-likeness (QED) is 0.414. The van der Waals surface area contributed by atoms with Crippen molar-refractivity contribution in [3.05, 3.63) is 36.2 Å². The first-order valence-electron chi connectivity index (χ1n) is 2.91. The fourth-order valence-electron chi connectivity index (χ4n) is 0.811. The van der Waals surface area contributed by atoms with Gasteiger partial charge in [0.2, 0.25) is 0 Å². The van der Waals surface area contributed by atoms with E-state index < -0.39 is 0 Å². The third kappa shape index (κ3) is 2.36. The Balaban J connectivity index is 0. The maximum Gasteiger partial charge on any atom is 2.00 e. The Morgan fingerprint density at radius 2 is 1.80 bits per heavy atom. The van der Waals surface area contributed by atoms with Crippen LogP contribution in [0.5, 0.6) is 0 Å². The van der Waals surface area contributed by atoms with E-state index in [1.165, 1.54) is 16.7 Å². The second kappa shape index (κ2) is 4.82. The fraction of sp³-hybridized carbons (Fsp3) is 0.333. The van der Waals surface area contributed by atoms with Gasteiger partial charge in [-0.2, -0.15) is 22.8 Å². The van der Waals surface area contributed by atoms with Crippen LogP contribution >= 0.6 is 0 Å². The predicted molar refractivity (Wildman–Crippen MR) is 42.7 cm³/mol. The van der Waals surface area contributed by atoms with Gasteiger partial charge < -0.3 is 7.43 Å². The Morgan fingerprint density at radius 3 is 1.90 bits per heavy atom. The van der Waals surface area contributed by atoms with Crippen molar-refractivity contribution in [2.75, 3.05) is 0 Å². The molecule has 1 heteroatoms. The topological polar surface area (TPSA) is 0 Å². The maximum absolute atomic E-state index is 2.16. The maximum atomic E-state index is 2.16. The molecule has 1 rings (SSSR count). The molecule has 0 aliphatic carbocycles. The van der Waals surface area contributed by atoms with Crippen molar-refractivity contribution in [3.63, 3.8) is 0 Å². The molecule has 0 unspecified atom stereocenters. The van der Waals surface area contributed by atoms with E-state index in [0.717, 1.165) is 0 Å². The molecule has 1 aromatic rings. The molecular formula is C9H14Ti. The smallest absolute Gasteiger partial charge is 0.358 e. The van der Waals surface area contributed by atoms with Gasteiger partial charge in [-0.1, -0.05) is 20.8 Å². The summed E-state index contributed by atoms with van der Waals surface area (Å²) in [6.45, 7) is 6.44. The zero-order valence-corrected chi connectivity index (χ0v) is 8.72. The van der Waals surface area contributed by atoms with Gasteiger partial charge in [-0.15, -0.1) is 0 Å². The molecule has 10 heavy (non-hydrogen) atoms. The Hall–Kier alpha value is 0.0643. The SMILES string of the molecule is Cc1cc[c-](C)c1C.[CH3-].[Ti+2]. The van der Waals surface area contributed by atoms with Gasteiger partial charge in [0.05, 0.1) is 0 Å². The molecule has 0 nitrogen and oxygen atoms in total. The van der Waals surface area contributed by atoms with Crippen molar-refractivity contribution in [1.29, 1.82) is 0 Å². The summed E-state index contributed by atoms with van der Waals surface area (Å²) in [6, 6.07) is 4.31. The Morgan fingerprint density at radius 1 is 1.30 bits per heavy atom. The standard InChI is InChI=1S/C8H11.CH3.Ti/c1-6-4-5-7(2)8(6)3;;/h4-5H,1-3H3;1H3;/q2*-1;+2. The average molecular weight is 170 g/mol. The number of hydrogen-bond donors (Lipinski definition) is 0. The largest absolute Gasteiger partial charge is 2.00 e. The first kappa shape index (κ1) is 12.7. The van der Waals surface area contributed by atoms with Crippen LogP contribution in [-0.4, -0.2) is 0 Å². The Labute approximate surface area is 78.9 Å². The van der Waals surface area contributed by atoms with E-state index in [-0.39, 0.29) is 29.1 Å². The third-order valence-corrected chi connectivity index (χ3v) is 1.77. The van der Waals surface area contributed by atoms with Gasteiger partial charge in [0, 0.05) is 0 Å². The molecule has 0 spiro atoms. The zero-order chi connectivity index (χ0) is 6.15. The van der Waals surface area contributed by atoms with E-state index in [2.05, 4.69) is 32.9 Å². The Bertz CT molecular complexity index is 167. The molecule has 0 aromatic heterocycles. The molecular weight excluding hydrogens is 156 g/mol. The molecule has 0 radical (unpaired) electrons. The van der Waals surface area contributed by atoms with Gasteiger partial charge in [0.25, 0.3) is 0 Å². The minimum Gasteiger partial charge on any atom is -0.358 e. The van der Waals surface area contributed by atoms with Gasteiger partial charge in [-0.05, 0) is 0 Å².